The number of ether oxygens (including phenoxy) is 3. The van der Waals surface area contributed by atoms with Gasteiger partial charge in [0.15, 0.2) is 6.10 Å². The lowest BCUT2D eigenvalue weighted by Gasteiger charge is -2.18. The zero-order chi connectivity index (χ0) is 49.3. The van der Waals surface area contributed by atoms with E-state index in [1.807, 2.05) is 0 Å². The van der Waals surface area contributed by atoms with E-state index in [2.05, 4.69) is 130 Å². The van der Waals surface area contributed by atoms with Gasteiger partial charge >= 0.3 is 17.9 Å². The third kappa shape index (κ3) is 53.0. The van der Waals surface area contributed by atoms with Gasteiger partial charge in [-0.1, -0.05) is 220 Å². The molecule has 0 fully saturated rings. The maximum atomic E-state index is 12.8. The van der Waals surface area contributed by atoms with Crippen molar-refractivity contribution in [3.63, 3.8) is 0 Å². The molecule has 6 nitrogen and oxygen atoms in total. The molecule has 0 amide bonds. The van der Waals surface area contributed by atoms with Crippen molar-refractivity contribution < 1.29 is 28.6 Å². The first-order valence-electron chi connectivity index (χ1n) is 27.9. The Labute approximate surface area is 419 Å². The predicted molar refractivity (Wildman–Crippen MR) is 293 cm³/mol. The van der Waals surface area contributed by atoms with Gasteiger partial charge in [0.1, 0.15) is 13.2 Å². The molecule has 1 unspecified atom stereocenters. The Morgan fingerprint density at radius 2 is 0.618 bits per heavy atom. The Kier molecular flexibility index (Phi) is 52.4. The molecule has 0 N–H and O–H groups in total. The second-order valence-electron chi connectivity index (χ2n) is 18.1. The smallest absolute Gasteiger partial charge is 0.306 e. The number of rotatable bonds is 49. The standard InChI is InChI=1S/C62H102O6/c1-4-7-10-13-16-19-22-24-26-28-29-30-31-32-33-35-36-38-40-43-46-49-52-55-61(64)67-58-59(57-66-60(63)54-51-48-45-42-21-18-15-12-9-6-3)68-62(65)56-53-50-47-44-41-39-37-34-27-25-23-20-17-14-11-8-5-2/h7,10,12,15-16,19,24-27,29-30,32-33,36,38,43,46,59H,4-6,8-9,11,13-14,17-18,20-23,28,31,34-35,37,39-42,44-45,47-58H2,1-3H3/b10-7-,15-12-,19-16-,26-24-,27-25-,30-29-,33-32-,38-36-,46-43-. The average Bonchev–Trinajstić information content (AvgIpc) is 3.34. The van der Waals surface area contributed by atoms with Crippen LogP contribution in [0.4, 0.5) is 0 Å². The van der Waals surface area contributed by atoms with E-state index < -0.39 is 6.10 Å². The Hall–Kier alpha value is -3.93. The van der Waals surface area contributed by atoms with E-state index in [4.69, 9.17) is 14.2 Å². The summed E-state index contributed by atoms with van der Waals surface area (Å²) < 4.78 is 16.8. The van der Waals surface area contributed by atoms with Crippen molar-refractivity contribution in [2.45, 2.75) is 252 Å². The summed E-state index contributed by atoms with van der Waals surface area (Å²) in [4.78, 5) is 38.0. The van der Waals surface area contributed by atoms with Crippen LogP contribution in [0.15, 0.2) is 109 Å². The Morgan fingerprint density at radius 3 is 1.03 bits per heavy atom. The highest BCUT2D eigenvalue weighted by molar-refractivity contribution is 5.71. The second-order valence-corrected chi connectivity index (χ2v) is 18.1. The van der Waals surface area contributed by atoms with E-state index in [9.17, 15) is 14.4 Å². The summed E-state index contributed by atoms with van der Waals surface area (Å²) in [5, 5.41) is 0. The van der Waals surface area contributed by atoms with Crippen LogP contribution in [0, 0.1) is 0 Å². The van der Waals surface area contributed by atoms with E-state index in [-0.39, 0.29) is 37.5 Å². The van der Waals surface area contributed by atoms with Crippen LogP contribution in [0.1, 0.15) is 245 Å². The van der Waals surface area contributed by atoms with Crippen LogP contribution >= 0.6 is 0 Å². The van der Waals surface area contributed by atoms with Crippen molar-refractivity contribution in [3.05, 3.63) is 109 Å². The second kappa shape index (κ2) is 55.7. The molecule has 0 radical (unpaired) electrons. The van der Waals surface area contributed by atoms with E-state index in [1.54, 1.807) is 0 Å². The average molecular weight is 943 g/mol. The molecular weight excluding hydrogens is 841 g/mol. The highest BCUT2D eigenvalue weighted by atomic mass is 16.6. The maximum Gasteiger partial charge on any atom is 0.306 e. The third-order valence-electron chi connectivity index (χ3n) is 11.5. The SMILES string of the molecule is CC/C=C\C/C=C\C/C=C\C/C=C\C/C=C\C/C=C\C/C=C\CCCC(=O)OCC(COC(=O)CCCCCCC/C=C\CCC)OC(=O)CCCCCCCCC/C=C\CCCCCCCC. The highest BCUT2D eigenvalue weighted by Crippen LogP contribution is 2.14. The molecule has 0 saturated heterocycles. The number of carbonyl (C=O) groups excluding carboxylic acids is 3. The van der Waals surface area contributed by atoms with Crippen LogP contribution in [-0.4, -0.2) is 37.2 Å². The van der Waals surface area contributed by atoms with Crippen molar-refractivity contribution in [1.82, 2.24) is 0 Å². The minimum absolute atomic E-state index is 0.104. The van der Waals surface area contributed by atoms with E-state index in [0.29, 0.717) is 19.3 Å². The molecule has 0 rings (SSSR count). The van der Waals surface area contributed by atoms with Gasteiger partial charge in [-0.3, -0.25) is 14.4 Å². The molecule has 386 valence electrons. The van der Waals surface area contributed by atoms with E-state index in [0.717, 1.165) is 109 Å². The zero-order valence-corrected chi connectivity index (χ0v) is 44.1. The van der Waals surface area contributed by atoms with Crippen molar-refractivity contribution in [2.75, 3.05) is 13.2 Å². The highest BCUT2D eigenvalue weighted by Gasteiger charge is 2.19. The van der Waals surface area contributed by atoms with Gasteiger partial charge in [0.25, 0.3) is 0 Å². The van der Waals surface area contributed by atoms with Gasteiger partial charge in [0, 0.05) is 19.3 Å². The van der Waals surface area contributed by atoms with Crippen LogP contribution in [0.25, 0.3) is 0 Å². The van der Waals surface area contributed by atoms with Gasteiger partial charge in [-0.15, -0.1) is 0 Å². The van der Waals surface area contributed by atoms with Crippen molar-refractivity contribution in [1.29, 1.82) is 0 Å². The minimum Gasteiger partial charge on any atom is -0.462 e. The number of hydrogen-bond acceptors (Lipinski definition) is 6. The van der Waals surface area contributed by atoms with Gasteiger partial charge < -0.3 is 14.2 Å². The predicted octanol–water partition coefficient (Wildman–Crippen LogP) is 18.7. The fourth-order valence-corrected chi connectivity index (χ4v) is 7.31. The van der Waals surface area contributed by atoms with Crippen LogP contribution < -0.4 is 0 Å². The van der Waals surface area contributed by atoms with Crippen molar-refractivity contribution >= 4 is 17.9 Å². The maximum absolute atomic E-state index is 12.8. The van der Waals surface area contributed by atoms with Gasteiger partial charge in [-0.2, -0.15) is 0 Å². The largest absolute Gasteiger partial charge is 0.462 e. The number of carbonyl (C=O) groups is 3. The molecule has 0 saturated carbocycles. The van der Waals surface area contributed by atoms with E-state index in [1.165, 1.54) is 89.9 Å². The fourth-order valence-electron chi connectivity index (χ4n) is 7.31. The Morgan fingerprint density at radius 1 is 0.309 bits per heavy atom. The first-order chi connectivity index (χ1) is 33.5. The summed E-state index contributed by atoms with van der Waals surface area (Å²) in [6, 6.07) is 0. The number of esters is 3. The Bertz CT molecular complexity index is 1410. The molecule has 1 atom stereocenters. The minimum atomic E-state index is -0.808. The molecule has 68 heavy (non-hydrogen) atoms. The van der Waals surface area contributed by atoms with Crippen LogP contribution in [0.2, 0.25) is 0 Å². The first kappa shape index (κ1) is 64.1. The fraction of sp³-hybridized carbons (Fsp3) is 0.661. The third-order valence-corrected chi connectivity index (χ3v) is 11.5. The summed E-state index contributed by atoms with van der Waals surface area (Å²) in [5.41, 5.74) is 0. The first-order valence-corrected chi connectivity index (χ1v) is 27.9. The van der Waals surface area contributed by atoms with Crippen molar-refractivity contribution in [3.8, 4) is 0 Å². The Balaban J connectivity index is 4.44. The topological polar surface area (TPSA) is 78.9 Å². The molecular formula is C62H102O6. The lowest BCUT2D eigenvalue weighted by molar-refractivity contribution is -0.167. The molecule has 0 aromatic carbocycles. The molecule has 0 aromatic rings. The molecule has 6 heteroatoms. The van der Waals surface area contributed by atoms with Gasteiger partial charge in [-0.25, -0.2) is 0 Å². The van der Waals surface area contributed by atoms with Crippen LogP contribution in [0.5, 0.6) is 0 Å². The summed E-state index contributed by atoms with van der Waals surface area (Å²) >= 11 is 0. The van der Waals surface area contributed by atoms with Crippen LogP contribution in [-0.2, 0) is 28.6 Å². The molecule has 0 spiro atoms. The van der Waals surface area contributed by atoms with Crippen LogP contribution in [0.3, 0.4) is 0 Å². The normalized spacial score (nSPS) is 12.9. The van der Waals surface area contributed by atoms with Gasteiger partial charge in [-0.05, 0) is 116 Å². The van der Waals surface area contributed by atoms with Gasteiger partial charge in [0.05, 0.1) is 0 Å². The molecule has 0 aromatic heterocycles. The zero-order valence-electron chi connectivity index (χ0n) is 44.1. The number of allylic oxidation sites excluding steroid dienone is 18. The lowest BCUT2D eigenvalue weighted by Crippen LogP contribution is -2.30. The monoisotopic (exact) mass is 943 g/mol. The number of hydrogen-bond donors (Lipinski definition) is 0. The molecule has 0 heterocycles. The summed E-state index contributed by atoms with van der Waals surface area (Å²) in [5.74, 6) is -0.982. The summed E-state index contributed by atoms with van der Waals surface area (Å²) in [6.07, 6.45) is 75.2. The lowest BCUT2D eigenvalue weighted by atomic mass is 10.1. The van der Waals surface area contributed by atoms with Crippen molar-refractivity contribution in [2.24, 2.45) is 0 Å². The van der Waals surface area contributed by atoms with Gasteiger partial charge in [0.2, 0.25) is 0 Å². The quantitative estimate of drug-likeness (QED) is 0.0262. The number of unbranched alkanes of at least 4 members (excludes halogenated alkanes) is 20. The summed E-state index contributed by atoms with van der Waals surface area (Å²) in [6.45, 7) is 6.39. The van der Waals surface area contributed by atoms with E-state index >= 15 is 0 Å². The summed E-state index contributed by atoms with van der Waals surface area (Å²) in [7, 11) is 0. The molecule has 0 aliphatic heterocycles. The molecule has 0 aliphatic rings. The molecule has 0 bridgehead atoms. The molecule has 0 aliphatic carbocycles.